The molecule has 8 rings (SSSR count). The smallest absolute Gasteiger partial charge is 0.330 e. The Labute approximate surface area is 435 Å². The van der Waals surface area contributed by atoms with E-state index < -0.39 is 25.1 Å². The van der Waals surface area contributed by atoms with Crippen molar-refractivity contribution >= 4 is 50.5 Å². The molecule has 0 bridgehead atoms. The van der Waals surface area contributed by atoms with Gasteiger partial charge in [-0.2, -0.15) is 8.78 Å². The average molecular weight is 1030 g/mol. The van der Waals surface area contributed by atoms with E-state index in [9.17, 15) is 41.5 Å². The number of ketones is 5. The molecule has 7 aromatic rings. The molecule has 0 amide bonds. The first-order chi connectivity index (χ1) is 35.7. The largest absolute Gasteiger partial charge is 0.497 e. The van der Waals surface area contributed by atoms with Crippen molar-refractivity contribution in [2.45, 2.75) is 78.8 Å². The number of halogens is 4. The summed E-state index contributed by atoms with van der Waals surface area (Å²) in [6.07, 6.45) is -2.01. The number of hydrogen-bond donors (Lipinski definition) is 0. The van der Waals surface area contributed by atoms with Gasteiger partial charge in [-0.3, -0.25) is 24.0 Å². The Bertz CT molecular complexity index is 2830. The zero-order valence-corrected chi connectivity index (χ0v) is 43.7. The topological polar surface area (TPSA) is 132 Å². The molecule has 0 unspecified atom stereocenters. The fourth-order valence-corrected chi connectivity index (χ4v) is 7.65. The number of para-hydroxylation sites is 2. The van der Waals surface area contributed by atoms with Gasteiger partial charge in [-0.1, -0.05) is 97.1 Å². The molecule has 0 aromatic heterocycles. The Morgan fingerprint density at radius 1 is 0.467 bits per heavy atom. The molecule has 7 aromatic carbocycles. The molecule has 0 atom stereocenters. The first-order valence-electron chi connectivity index (χ1n) is 24.0. The first-order valence-corrected chi connectivity index (χ1v) is 24.0. The van der Waals surface area contributed by atoms with Crippen LogP contribution in [0.25, 0.3) is 32.7 Å². The van der Waals surface area contributed by atoms with Crippen molar-refractivity contribution in [1.82, 2.24) is 0 Å². The van der Waals surface area contributed by atoms with E-state index in [1.54, 1.807) is 68.3 Å². The zero-order valence-electron chi connectivity index (χ0n) is 43.7. The van der Waals surface area contributed by atoms with Crippen LogP contribution in [0.2, 0.25) is 0 Å². The SMILES string of the molecule is CC(=O)C1CCC(OCC(F)(F)C(F)F)CC1.CC(=O)c1ccc(-c2ccc(C(C)=O)cc2)cc1.CC(=O)c1ccc2cc(C(C)=O)ccc2c1.COc1ccc2ccc(OC)cc2c1.COc1ccccc1OC. The summed E-state index contributed by atoms with van der Waals surface area (Å²) in [4.78, 5) is 55.8. The number of Topliss-reactive ketones (excluding diaryl/α,β-unsaturated/α-hetero) is 5. The second-order valence-electron chi connectivity index (χ2n) is 17.5. The molecule has 0 spiro atoms. The highest BCUT2D eigenvalue weighted by Gasteiger charge is 2.42. The van der Waals surface area contributed by atoms with Gasteiger partial charge < -0.3 is 23.7 Å². The first kappa shape index (κ1) is 59.8. The molecule has 10 nitrogen and oxygen atoms in total. The van der Waals surface area contributed by atoms with Crippen molar-refractivity contribution in [1.29, 1.82) is 0 Å². The lowest BCUT2D eigenvalue weighted by Gasteiger charge is -2.28. The second kappa shape index (κ2) is 29.2. The molecule has 1 saturated carbocycles. The number of carbonyl (C=O) groups is 5. The van der Waals surface area contributed by atoms with E-state index in [-0.39, 0.29) is 34.8 Å². The van der Waals surface area contributed by atoms with Crippen molar-refractivity contribution in [3.8, 4) is 34.1 Å². The third-order valence-electron chi connectivity index (χ3n) is 12.2. The molecule has 14 heteroatoms. The molecule has 0 heterocycles. The van der Waals surface area contributed by atoms with Crippen molar-refractivity contribution in [2.24, 2.45) is 5.92 Å². The highest BCUT2D eigenvalue weighted by atomic mass is 19.3. The third kappa shape index (κ3) is 18.6. The predicted molar refractivity (Wildman–Crippen MR) is 286 cm³/mol. The molecule has 0 saturated heterocycles. The van der Waals surface area contributed by atoms with Crippen molar-refractivity contribution in [2.75, 3.05) is 35.0 Å². The molecule has 396 valence electrons. The minimum atomic E-state index is -4.09. The molecule has 0 radical (unpaired) electrons. The molecule has 1 aliphatic rings. The van der Waals surface area contributed by atoms with Crippen LogP contribution in [-0.2, 0) is 9.53 Å². The Balaban J connectivity index is 0.000000205. The van der Waals surface area contributed by atoms with E-state index in [0.717, 1.165) is 50.3 Å². The maximum atomic E-state index is 12.6. The summed E-state index contributed by atoms with van der Waals surface area (Å²) in [5.74, 6) is -0.535. The van der Waals surface area contributed by atoms with Crippen molar-refractivity contribution < 1.29 is 65.2 Å². The lowest BCUT2D eigenvalue weighted by Crippen LogP contribution is -2.35. The Morgan fingerprint density at radius 3 is 1.17 bits per heavy atom. The van der Waals surface area contributed by atoms with Gasteiger partial charge in [0.15, 0.2) is 34.6 Å². The summed E-state index contributed by atoms with van der Waals surface area (Å²) >= 11 is 0. The van der Waals surface area contributed by atoms with E-state index >= 15 is 0 Å². The van der Waals surface area contributed by atoms with Gasteiger partial charge in [0, 0.05) is 28.2 Å². The number of carbonyl (C=O) groups excluding carboxylic acids is 5. The monoisotopic (exact) mass is 1030 g/mol. The van der Waals surface area contributed by atoms with E-state index in [2.05, 4.69) is 0 Å². The summed E-state index contributed by atoms with van der Waals surface area (Å²) in [6, 6.07) is 45.4. The van der Waals surface area contributed by atoms with Crippen molar-refractivity contribution in [3.05, 3.63) is 168 Å². The highest BCUT2D eigenvalue weighted by molar-refractivity contribution is 6.02. The van der Waals surface area contributed by atoms with Crippen LogP contribution in [-0.4, -0.2) is 82.4 Å². The van der Waals surface area contributed by atoms with Gasteiger partial charge in [-0.05, 0) is 142 Å². The Kier molecular flexibility index (Phi) is 23.3. The lowest BCUT2D eigenvalue weighted by molar-refractivity contribution is -0.179. The summed E-state index contributed by atoms with van der Waals surface area (Å²) in [5, 5.41) is 4.28. The highest BCUT2D eigenvalue weighted by Crippen LogP contribution is 2.31. The molecule has 0 N–H and O–H groups in total. The number of ether oxygens (including phenoxy) is 5. The van der Waals surface area contributed by atoms with Crippen LogP contribution in [0.3, 0.4) is 0 Å². The van der Waals surface area contributed by atoms with Crippen LogP contribution in [0, 0.1) is 5.92 Å². The van der Waals surface area contributed by atoms with Gasteiger partial charge in [-0.15, -0.1) is 0 Å². The lowest BCUT2D eigenvalue weighted by atomic mass is 9.85. The Hall–Kier alpha value is -7.71. The molecular weight excluding hydrogens is 969 g/mol. The van der Waals surface area contributed by atoms with Gasteiger partial charge >= 0.3 is 12.3 Å². The number of alkyl halides is 4. The second-order valence-corrected chi connectivity index (χ2v) is 17.5. The molecular formula is C61H64F4O10. The van der Waals surface area contributed by atoms with E-state index in [1.165, 1.54) is 12.3 Å². The molecule has 1 fully saturated rings. The van der Waals surface area contributed by atoms with Crippen LogP contribution >= 0.6 is 0 Å². The van der Waals surface area contributed by atoms with E-state index in [1.807, 2.05) is 133 Å². The van der Waals surface area contributed by atoms with Gasteiger partial charge in [0.05, 0.1) is 34.5 Å². The summed E-state index contributed by atoms with van der Waals surface area (Å²) in [7, 11) is 6.58. The van der Waals surface area contributed by atoms with Gasteiger partial charge in [0.2, 0.25) is 0 Å². The molecule has 1 aliphatic carbocycles. The maximum Gasteiger partial charge on any atom is 0.330 e. The third-order valence-corrected chi connectivity index (χ3v) is 12.2. The van der Waals surface area contributed by atoms with Gasteiger partial charge in [-0.25, -0.2) is 8.78 Å². The quantitative estimate of drug-likeness (QED) is 0.0766. The minimum Gasteiger partial charge on any atom is -0.497 e. The predicted octanol–water partition coefficient (Wildman–Crippen LogP) is 14.6. The van der Waals surface area contributed by atoms with Crippen LogP contribution in [0.5, 0.6) is 23.0 Å². The zero-order chi connectivity index (χ0) is 55.2. The van der Waals surface area contributed by atoms with Crippen LogP contribution in [0.1, 0.15) is 102 Å². The average Bonchev–Trinajstić information content (AvgIpc) is 3.42. The van der Waals surface area contributed by atoms with E-state index in [4.69, 9.17) is 23.7 Å². The molecule has 0 aliphatic heterocycles. The minimum absolute atomic E-state index is 0.0366. The van der Waals surface area contributed by atoms with Crippen LogP contribution in [0.15, 0.2) is 146 Å². The standard InChI is InChI=1S/C16H14O2.C14H12O2.C12H12O2.C11H16F4O2.C8H10O2/c1-11(17)13-3-7-15(8-4-13)16-9-5-14(6-10-16)12(2)18;1-9(15)11-3-5-14-8-12(10(2)16)4-6-13(14)7-11;1-13-11-5-3-9-4-6-12(14-2)8-10(9)7-11;1-7(16)8-2-4-9(5-3-8)17-6-11(14,15)10(12)13;1-9-7-5-3-4-6-8(7)10-2/h3-10H,1-2H3;3-8H,1-2H3;3-8H,1-2H3;8-10H,2-6H2,1H3;3-6H,1-2H3. The maximum absolute atomic E-state index is 12.6. The Morgan fingerprint density at radius 2 is 0.840 bits per heavy atom. The number of methoxy groups -OCH3 is 4. The fourth-order valence-electron chi connectivity index (χ4n) is 7.65. The summed E-state index contributed by atoms with van der Waals surface area (Å²) in [6.45, 7) is 6.44. The summed E-state index contributed by atoms with van der Waals surface area (Å²) < 4.78 is 74.0. The number of benzene rings is 7. The van der Waals surface area contributed by atoms with Crippen molar-refractivity contribution in [3.63, 3.8) is 0 Å². The van der Waals surface area contributed by atoms with Gasteiger partial charge in [0.1, 0.15) is 23.9 Å². The molecule has 75 heavy (non-hydrogen) atoms. The fraction of sp³-hybridized carbons (Fsp3) is 0.295. The number of hydrogen-bond acceptors (Lipinski definition) is 10. The summed E-state index contributed by atoms with van der Waals surface area (Å²) in [5.41, 5.74) is 4.88. The van der Waals surface area contributed by atoms with E-state index in [0.29, 0.717) is 47.9 Å². The van der Waals surface area contributed by atoms with Gasteiger partial charge in [0.25, 0.3) is 0 Å². The number of fused-ring (bicyclic) bond motifs is 2. The number of rotatable bonds is 14. The normalized spacial score (nSPS) is 13.7. The van der Waals surface area contributed by atoms with Crippen LogP contribution < -0.4 is 18.9 Å². The van der Waals surface area contributed by atoms with Crippen LogP contribution in [0.4, 0.5) is 17.6 Å².